The molecule has 0 fully saturated rings. The van der Waals surface area contributed by atoms with Crippen LogP contribution in [0.1, 0.15) is 18.9 Å². The van der Waals surface area contributed by atoms with Gasteiger partial charge in [-0.05, 0) is 55.5 Å². The van der Waals surface area contributed by atoms with E-state index in [2.05, 4.69) is 20.5 Å². The maximum Gasteiger partial charge on any atom is 0.236 e. The van der Waals surface area contributed by atoms with Gasteiger partial charge >= 0.3 is 0 Å². The highest BCUT2D eigenvalue weighted by atomic mass is 32.2. The van der Waals surface area contributed by atoms with Crippen molar-refractivity contribution in [1.82, 2.24) is 19.7 Å². The third kappa shape index (κ3) is 5.33. The summed E-state index contributed by atoms with van der Waals surface area (Å²) >= 11 is 2.70. The zero-order valence-electron chi connectivity index (χ0n) is 18.6. The van der Waals surface area contributed by atoms with E-state index in [-0.39, 0.29) is 17.5 Å². The Morgan fingerprint density at radius 2 is 1.80 bits per heavy atom. The molecular formula is C25H20FN5O2S2. The Bertz CT molecular complexity index is 1420. The number of fused-ring (bicyclic) bond motifs is 1. The van der Waals surface area contributed by atoms with Gasteiger partial charge in [-0.1, -0.05) is 53.4 Å². The molecule has 5 aromatic rings. The van der Waals surface area contributed by atoms with Gasteiger partial charge in [0, 0.05) is 5.69 Å². The summed E-state index contributed by atoms with van der Waals surface area (Å²) in [4.78, 5) is 17.1. The van der Waals surface area contributed by atoms with Crippen molar-refractivity contribution in [2.75, 3.05) is 11.1 Å². The van der Waals surface area contributed by atoms with Gasteiger partial charge in [0.1, 0.15) is 11.6 Å². The second-order valence-corrected chi connectivity index (χ2v) is 9.52. The van der Waals surface area contributed by atoms with E-state index >= 15 is 0 Å². The predicted molar refractivity (Wildman–Crippen MR) is 136 cm³/mol. The molecule has 0 aliphatic heterocycles. The highest BCUT2D eigenvalue weighted by Crippen LogP contribution is 2.29. The topological polar surface area (TPSA) is 81.9 Å². The molecule has 0 bridgehead atoms. The van der Waals surface area contributed by atoms with Crippen molar-refractivity contribution in [3.8, 4) is 11.4 Å². The molecule has 2 heterocycles. The smallest absolute Gasteiger partial charge is 0.236 e. The minimum Gasteiger partial charge on any atom is -0.483 e. The third-order valence-electron chi connectivity index (χ3n) is 5.04. The number of carbonyl (C=O) groups excluding carboxylic acids is 1. The number of aromatic nitrogens is 4. The molecule has 3 aromatic carbocycles. The molecule has 0 aliphatic carbocycles. The van der Waals surface area contributed by atoms with E-state index in [0.29, 0.717) is 21.9 Å². The van der Waals surface area contributed by atoms with E-state index in [1.165, 1.54) is 35.2 Å². The molecule has 0 spiro atoms. The fraction of sp³-hybridized carbons (Fsp3) is 0.120. The summed E-state index contributed by atoms with van der Waals surface area (Å²) < 4.78 is 22.1. The van der Waals surface area contributed by atoms with Crippen LogP contribution in [0, 0.1) is 5.82 Å². The largest absolute Gasteiger partial charge is 0.483 e. The number of ether oxygens (including phenoxy) is 1. The van der Waals surface area contributed by atoms with Gasteiger partial charge in [0.15, 0.2) is 22.2 Å². The van der Waals surface area contributed by atoms with Gasteiger partial charge < -0.3 is 10.1 Å². The van der Waals surface area contributed by atoms with E-state index in [9.17, 15) is 9.18 Å². The molecule has 7 nitrogen and oxygen atoms in total. The molecule has 10 heteroatoms. The third-order valence-corrected chi connectivity index (χ3v) is 6.92. The van der Waals surface area contributed by atoms with Crippen molar-refractivity contribution >= 4 is 44.4 Å². The molecule has 1 atom stereocenters. The molecule has 0 aliphatic rings. The van der Waals surface area contributed by atoms with Crippen molar-refractivity contribution in [3.05, 3.63) is 90.5 Å². The Labute approximate surface area is 209 Å². The number of amides is 1. The SMILES string of the molecule is CC(Oc1ccc(F)cc1)c1nnc(SCC(=O)Nc2nc3ccccc3s2)n1-c1ccccc1. The van der Waals surface area contributed by atoms with Crippen molar-refractivity contribution in [2.24, 2.45) is 0 Å². The van der Waals surface area contributed by atoms with E-state index in [4.69, 9.17) is 4.74 Å². The molecule has 1 unspecified atom stereocenters. The summed E-state index contributed by atoms with van der Waals surface area (Å²) in [6, 6.07) is 23.2. The van der Waals surface area contributed by atoms with Gasteiger partial charge in [0.05, 0.1) is 16.0 Å². The maximum atomic E-state index is 13.3. The standard InChI is InChI=1S/C25H20FN5O2S2/c1-16(33-19-13-11-17(26)12-14-19)23-29-30-25(31(23)18-7-3-2-4-8-18)34-15-22(32)28-24-27-20-9-5-6-10-21(20)35-24/h2-14,16H,15H2,1H3,(H,27,28,32). The number of nitrogens with one attached hydrogen (secondary N) is 1. The molecule has 5 rings (SSSR count). The second kappa shape index (κ2) is 10.2. The summed E-state index contributed by atoms with van der Waals surface area (Å²) in [5.41, 5.74) is 1.69. The molecule has 2 aromatic heterocycles. The van der Waals surface area contributed by atoms with Gasteiger partial charge in [-0.25, -0.2) is 9.37 Å². The Balaban J connectivity index is 1.33. The van der Waals surface area contributed by atoms with Gasteiger partial charge in [-0.15, -0.1) is 10.2 Å². The summed E-state index contributed by atoms with van der Waals surface area (Å²) in [5, 5.41) is 12.7. The zero-order chi connectivity index (χ0) is 24.2. The number of hydrogen-bond acceptors (Lipinski definition) is 7. The number of carbonyl (C=O) groups is 1. The second-order valence-electron chi connectivity index (χ2n) is 7.55. The average molecular weight is 506 g/mol. The number of rotatable bonds is 8. The molecule has 1 N–H and O–H groups in total. The monoisotopic (exact) mass is 505 g/mol. The van der Waals surface area contributed by atoms with Crippen LogP contribution in [0.4, 0.5) is 9.52 Å². The Kier molecular flexibility index (Phi) is 6.73. The quantitative estimate of drug-likeness (QED) is 0.265. The van der Waals surface area contributed by atoms with Crippen molar-refractivity contribution in [2.45, 2.75) is 18.2 Å². The van der Waals surface area contributed by atoms with Crippen LogP contribution in [0.2, 0.25) is 0 Å². The summed E-state index contributed by atoms with van der Waals surface area (Å²) in [6.07, 6.45) is -0.473. The van der Waals surface area contributed by atoms with E-state index in [0.717, 1.165) is 15.9 Å². The van der Waals surface area contributed by atoms with Crippen LogP contribution < -0.4 is 10.1 Å². The first-order chi connectivity index (χ1) is 17.1. The number of thiazole rings is 1. The van der Waals surface area contributed by atoms with Crippen LogP contribution in [0.25, 0.3) is 15.9 Å². The molecule has 0 saturated heterocycles. The number of para-hydroxylation sites is 2. The Hall–Kier alpha value is -3.76. The first-order valence-electron chi connectivity index (χ1n) is 10.8. The van der Waals surface area contributed by atoms with Crippen LogP contribution in [-0.4, -0.2) is 31.4 Å². The van der Waals surface area contributed by atoms with E-state index in [1.807, 2.05) is 66.1 Å². The van der Waals surface area contributed by atoms with Crippen LogP contribution in [-0.2, 0) is 4.79 Å². The lowest BCUT2D eigenvalue weighted by molar-refractivity contribution is -0.113. The molecular weight excluding hydrogens is 485 g/mol. The average Bonchev–Trinajstić information content (AvgIpc) is 3.48. The molecule has 176 valence electrons. The van der Waals surface area contributed by atoms with Gasteiger partial charge in [0.2, 0.25) is 5.91 Å². The van der Waals surface area contributed by atoms with Gasteiger partial charge in [-0.2, -0.15) is 0 Å². The maximum absolute atomic E-state index is 13.3. The Morgan fingerprint density at radius 3 is 2.57 bits per heavy atom. The summed E-state index contributed by atoms with van der Waals surface area (Å²) in [5.74, 6) is 0.697. The number of benzene rings is 3. The lowest BCUT2D eigenvalue weighted by Gasteiger charge is -2.16. The minimum atomic E-state index is -0.473. The van der Waals surface area contributed by atoms with Gasteiger partial charge in [-0.3, -0.25) is 9.36 Å². The highest BCUT2D eigenvalue weighted by Gasteiger charge is 2.22. The fourth-order valence-electron chi connectivity index (χ4n) is 3.44. The number of hydrogen-bond donors (Lipinski definition) is 1. The first kappa shape index (κ1) is 23.0. The van der Waals surface area contributed by atoms with Crippen molar-refractivity contribution in [1.29, 1.82) is 0 Å². The van der Waals surface area contributed by atoms with Crippen molar-refractivity contribution in [3.63, 3.8) is 0 Å². The normalized spacial score (nSPS) is 11.9. The summed E-state index contributed by atoms with van der Waals surface area (Å²) in [7, 11) is 0. The first-order valence-corrected chi connectivity index (χ1v) is 12.6. The van der Waals surface area contributed by atoms with Crippen LogP contribution >= 0.6 is 23.1 Å². The zero-order valence-corrected chi connectivity index (χ0v) is 20.2. The van der Waals surface area contributed by atoms with E-state index < -0.39 is 6.10 Å². The Morgan fingerprint density at radius 1 is 1.06 bits per heavy atom. The molecule has 0 saturated carbocycles. The lowest BCUT2D eigenvalue weighted by Crippen LogP contribution is -2.15. The van der Waals surface area contributed by atoms with Gasteiger partial charge in [0.25, 0.3) is 0 Å². The number of thioether (sulfide) groups is 1. The number of anilines is 1. The molecule has 1 amide bonds. The van der Waals surface area contributed by atoms with Crippen molar-refractivity contribution < 1.29 is 13.9 Å². The van der Waals surface area contributed by atoms with Crippen LogP contribution in [0.5, 0.6) is 5.75 Å². The van der Waals surface area contributed by atoms with Crippen LogP contribution in [0.15, 0.2) is 84.0 Å². The highest BCUT2D eigenvalue weighted by molar-refractivity contribution is 7.99. The van der Waals surface area contributed by atoms with Crippen LogP contribution in [0.3, 0.4) is 0 Å². The molecule has 35 heavy (non-hydrogen) atoms. The minimum absolute atomic E-state index is 0.133. The number of halogens is 1. The fourth-order valence-corrected chi connectivity index (χ4v) is 5.08. The summed E-state index contributed by atoms with van der Waals surface area (Å²) in [6.45, 7) is 1.85. The number of nitrogens with zero attached hydrogens (tertiary/aromatic N) is 4. The predicted octanol–water partition coefficient (Wildman–Crippen LogP) is 5.89. The molecule has 0 radical (unpaired) electrons. The van der Waals surface area contributed by atoms with E-state index in [1.54, 1.807) is 12.1 Å². The lowest BCUT2D eigenvalue weighted by atomic mass is 10.3.